The molecule has 1 N–H and O–H groups in total. The summed E-state index contributed by atoms with van der Waals surface area (Å²) in [6.45, 7) is 0. The number of fused-ring (bicyclic) bond motifs is 1. The van der Waals surface area contributed by atoms with E-state index in [2.05, 4.69) is 46.7 Å². The summed E-state index contributed by atoms with van der Waals surface area (Å²) in [7, 11) is 2.01. The normalized spacial score (nSPS) is 12.4. The molecule has 0 aliphatic carbocycles. The van der Waals surface area contributed by atoms with Gasteiger partial charge in [0.2, 0.25) is 0 Å². The van der Waals surface area contributed by atoms with Crippen LogP contribution >= 0.6 is 0 Å². The van der Waals surface area contributed by atoms with Crippen LogP contribution in [0.4, 0.5) is 0 Å². The number of rotatable bonds is 5. The minimum Gasteiger partial charge on any atom is -0.316 e. The Hall–Kier alpha value is -2.26. The molecular formula is C18H19N3. The van der Waals surface area contributed by atoms with Crippen molar-refractivity contribution in [1.29, 1.82) is 0 Å². The predicted molar refractivity (Wildman–Crippen MR) is 86.2 cm³/mol. The summed E-state index contributed by atoms with van der Waals surface area (Å²) < 4.78 is 0. The maximum absolute atomic E-state index is 4.75. The number of pyridine rings is 2. The largest absolute Gasteiger partial charge is 0.316 e. The number of hydrogen-bond donors (Lipinski definition) is 1. The van der Waals surface area contributed by atoms with E-state index in [1.54, 1.807) is 0 Å². The Morgan fingerprint density at radius 2 is 1.76 bits per heavy atom. The average molecular weight is 277 g/mol. The first-order chi connectivity index (χ1) is 10.3. The summed E-state index contributed by atoms with van der Waals surface area (Å²) in [5, 5.41) is 4.58. The van der Waals surface area contributed by atoms with Crippen LogP contribution in [0.15, 0.2) is 60.9 Å². The zero-order valence-electron chi connectivity index (χ0n) is 12.2. The van der Waals surface area contributed by atoms with E-state index >= 15 is 0 Å². The molecule has 3 heteroatoms. The van der Waals surface area contributed by atoms with Gasteiger partial charge in [-0.1, -0.05) is 24.3 Å². The van der Waals surface area contributed by atoms with Crippen molar-refractivity contribution in [3.63, 3.8) is 0 Å². The molecule has 21 heavy (non-hydrogen) atoms. The lowest BCUT2D eigenvalue weighted by Crippen LogP contribution is -2.30. The molecule has 3 rings (SSSR count). The number of para-hydroxylation sites is 1. The molecular weight excluding hydrogens is 258 g/mol. The van der Waals surface area contributed by atoms with Crippen LogP contribution in [0.3, 0.4) is 0 Å². The zero-order chi connectivity index (χ0) is 14.5. The van der Waals surface area contributed by atoms with Gasteiger partial charge < -0.3 is 5.32 Å². The van der Waals surface area contributed by atoms with E-state index in [0.717, 1.165) is 24.1 Å². The lowest BCUT2D eigenvalue weighted by Gasteiger charge is -2.16. The minimum atomic E-state index is 0.376. The Bertz CT molecular complexity index is 710. The summed E-state index contributed by atoms with van der Waals surface area (Å²) in [4.78, 5) is 8.82. The van der Waals surface area contributed by atoms with E-state index in [4.69, 9.17) is 4.98 Å². The fourth-order valence-electron chi connectivity index (χ4n) is 2.55. The highest BCUT2D eigenvalue weighted by molar-refractivity contribution is 5.78. The first kappa shape index (κ1) is 13.7. The molecule has 0 aliphatic heterocycles. The Kier molecular flexibility index (Phi) is 4.22. The second kappa shape index (κ2) is 6.46. The standard InChI is InChI=1S/C18H19N3/c1-19-17(12-14-8-10-20-11-9-14)13-16-7-6-15-4-2-3-5-18(15)21-16/h2-11,17,19H,12-13H2,1H3. The highest BCUT2D eigenvalue weighted by atomic mass is 14.9. The van der Waals surface area contributed by atoms with Gasteiger partial charge in [0.15, 0.2) is 0 Å². The molecule has 0 bridgehead atoms. The fraction of sp³-hybridized carbons (Fsp3) is 0.222. The number of aromatic nitrogens is 2. The van der Waals surface area contributed by atoms with Crippen LogP contribution in [0.25, 0.3) is 10.9 Å². The monoisotopic (exact) mass is 277 g/mol. The topological polar surface area (TPSA) is 37.8 Å². The Morgan fingerprint density at radius 3 is 2.57 bits per heavy atom. The third kappa shape index (κ3) is 3.44. The maximum atomic E-state index is 4.75. The molecule has 0 fully saturated rings. The molecule has 1 unspecified atom stereocenters. The van der Waals surface area contributed by atoms with E-state index in [-0.39, 0.29) is 0 Å². The lowest BCUT2D eigenvalue weighted by atomic mass is 10.0. The number of hydrogen-bond acceptors (Lipinski definition) is 3. The van der Waals surface area contributed by atoms with Crippen molar-refractivity contribution >= 4 is 10.9 Å². The van der Waals surface area contributed by atoms with Crippen molar-refractivity contribution in [2.75, 3.05) is 7.05 Å². The van der Waals surface area contributed by atoms with E-state index in [0.29, 0.717) is 6.04 Å². The average Bonchev–Trinajstić information content (AvgIpc) is 2.55. The number of nitrogens with one attached hydrogen (secondary N) is 1. The number of benzene rings is 1. The van der Waals surface area contributed by atoms with Gasteiger partial charge in [-0.15, -0.1) is 0 Å². The maximum Gasteiger partial charge on any atom is 0.0705 e. The van der Waals surface area contributed by atoms with Gasteiger partial charge in [0.05, 0.1) is 5.52 Å². The Morgan fingerprint density at radius 1 is 0.952 bits per heavy atom. The molecule has 106 valence electrons. The van der Waals surface area contributed by atoms with E-state index in [1.165, 1.54) is 10.9 Å². The van der Waals surface area contributed by atoms with Crippen molar-refractivity contribution in [3.05, 3.63) is 72.2 Å². The second-order valence-electron chi connectivity index (χ2n) is 5.24. The van der Waals surface area contributed by atoms with E-state index < -0.39 is 0 Å². The van der Waals surface area contributed by atoms with Gasteiger partial charge in [-0.3, -0.25) is 9.97 Å². The van der Waals surface area contributed by atoms with Crippen LogP contribution in [0.5, 0.6) is 0 Å². The third-order valence-corrected chi connectivity index (χ3v) is 3.75. The third-order valence-electron chi connectivity index (χ3n) is 3.75. The van der Waals surface area contributed by atoms with Crippen molar-refractivity contribution < 1.29 is 0 Å². The summed E-state index contributed by atoms with van der Waals surface area (Å²) in [5.74, 6) is 0. The van der Waals surface area contributed by atoms with Crippen LogP contribution in [-0.4, -0.2) is 23.1 Å². The van der Waals surface area contributed by atoms with Gasteiger partial charge in [-0.05, 0) is 43.3 Å². The molecule has 0 radical (unpaired) electrons. The Labute approximate surface area is 125 Å². The first-order valence-corrected chi connectivity index (χ1v) is 7.26. The van der Waals surface area contributed by atoms with Crippen molar-refractivity contribution in [2.45, 2.75) is 18.9 Å². The molecule has 1 aromatic carbocycles. The molecule has 2 heterocycles. The highest BCUT2D eigenvalue weighted by Gasteiger charge is 2.09. The molecule has 3 nitrogen and oxygen atoms in total. The molecule has 0 aliphatic rings. The van der Waals surface area contributed by atoms with Crippen LogP contribution in [-0.2, 0) is 12.8 Å². The SMILES string of the molecule is CNC(Cc1ccncc1)Cc1ccc2ccccc2n1. The minimum absolute atomic E-state index is 0.376. The second-order valence-corrected chi connectivity index (χ2v) is 5.24. The van der Waals surface area contributed by atoms with Crippen molar-refractivity contribution in [2.24, 2.45) is 0 Å². The van der Waals surface area contributed by atoms with Gasteiger partial charge in [0.1, 0.15) is 0 Å². The molecule has 3 aromatic rings. The first-order valence-electron chi connectivity index (χ1n) is 7.26. The number of likely N-dealkylation sites (N-methyl/N-ethyl adjacent to an activating group) is 1. The zero-order valence-corrected chi connectivity index (χ0v) is 12.2. The fourth-order valence-corrected chi connectivity index (χ4v) is 2.55. The molecule has 1 atom stereocenters. The summed E-state index contributed by atoms with van der Waals surface area (Å²) in [6.07, 6.45) is 5.59. The van der Waals surface area contributed by atoms with Gasteiger partial charge >= 0.3 is 0 Å². The van der Waals surface area contributed by atoms with Gasteiger partial charge in [0.25, 0.3) is 0 Å². The summed E-state index contributed by atoms with van der Waals surface area (Å²) in [5.41, 5.74) is 3.49. The quantitative estimate of drug-likeness (QED) is 0.779. The molecule has 0 amide bonds. The molecule has 0 saturated heterocycles. The predicted octanol–water partition coefficient (Wildman–Crippen LogP) is 3.00. The lowest BCUT2D eigenvalue weighted by molar-refractivity contribution is 0.551. The Balaban J connectivity index is 1.76. The van der Waals surface area contributed by atoms with Gasteiger partial charge in [-0.25, -0.2) is 0 Å². The summed E-state index contributed by atoms with van der Waals surface area (Å²) >= 11 is 0. The van der Waals surface area contributed by atoms with Crippen LogP contribution in [0, 0.1) is 0 Å². The van der Waals surface area contributed by atoms with Crippen LogP contribution < -0.4 is 5.32 Å². The van der Waals surface area contributed by atoms with Crippen molar-refractivity contribution in [1.82, 2.24) is 15.3 Å². The highest BCUT2D eigenvalue weighted by Crippen LogP contribution is 2.14. The summed E-state index contributed by atoms with van der Waals surface area (Å²) in [6, 6.07) is 17.0. The van der Waals surface area contributed by atoms with E-state index in [9.17, 15) is 0 Å². The smallest absolute Gasteiger partial charge is 0.0705 e. The van der Waals surface area contributed by atoms with Crippen LogP contribution in [0.2, 0.25) is 0 Å². The van der Waals surface area contributed by atoms with Crippen molar-refractivity contribution in [3.8, 4) is 0 Å². The van der Waals surface area contributed by atoms with Crippen LogP contribution in [0.1, 0.15) is 11.3 Å². The number of nitrogens with zero attached hydrogens (tertiary/aromatic N) is 2. The van der Waals surface area contributed by atoms with Gasteiger partial charge in [-0.2, -0.15) is 0 Å². The van der Waals surface area contributed by atoms with Gasteiger partial charge in [0, 0.05) is 35.9 Å². The van der Waals surface area contributed by atoms with E-state index in [1.807, 2.05) is 31.6 Å². The molecule has 0 saturated carbocycles. The molecule has 2 aromatic heterocycles. The molecule has 0 spiro atoms.